The normalized spacial score (nSPS) is 11.9. The number of rotatable bonds is 7. The lowest BCUT2D eigenvalue weighted by molar-refractivity contribution is 0.470. The zero-order chi connectivity index (χ0) is 13.8. The largest absolute Gasteiger partial charge is 0.346 e. The summed E-state index contributed by atoms with van der Waals surface area (Å²) in [6.07, 6.45) is 2.13. The molecule has 18 heavy (non-hydrogen) atoms. The molecule has 0 saturated carbocycles. The van der Waals surface area contributed by atoms with E-state index in [2.05, 4.69) is 51.9 Å². The summed E-state index contributed by atoms with van der Waals surface area (Å²) >= 11 is 1.83. The van der Waals surface area contributed by atoms with Crippen molar-refractivity contribution >= 4 is 16.5 Å². The van der Waals surface area contributed by atoms with Crippen molar-refractivity contribution in [1.29, 1.82) is 0 Å². The van der Waals surface area contributed by atoms with Crippen LogP contribution in [0.25, 0.3) is 0 Å². The van der Waals surface area contributed by atoms with Crippen LogP contribution in [-0.4, -0.2) is 24.1 Å². The minimum absolute atomic E-state index is 0.165. The Labute approximate surface area is 116 Å². The van der Waals surface area contributed by atoms with Gasteiger partial charge in [-0.1, -0.05) is 20.8 Å². The van der Waals surface area contributed by atoms with Crippen molar-refractivity contribution in [3.63, 3.8) is 0 Å². The molecular weight excluding hydrogens is 242 g/mol. The Bertz CT molecular complexity index is 371. The predicted molar refractivity (Wildman–Crippen MR) is 81.6 cm³/mol. The lowest BCUT2D eigenvalue weighted by Gasteiger charge is -2.34. The quantitative estimate of drug-likeness (QED) is 0.822. The van der Waals surface area contributed by atoms with Crippen LogP contribution in [0.15, 0.2) is 0 Å². The standard InChI is InChI=1S/C14H27N3S/c1-7-11-12(10-15-9-3)18-13(16-11)17(6)14(4,5)8-2/h15H,7-10H2,1-6H3. The maximum absolute atomic E-state index is 4.80. The molecule has 0 atom stereocenters. The molecule has 0 aliphatic heterocycles. The Kier molecular flexibility index (Phi) is 5.60. The van der Waals surface area contributed by atoms with E-state index in [1.165, 1.54) is 10.6 Å². The van der Waals surface area contributed by atoms with Crippen LogP contribution in [0.4, 0.5) is 5.13 Å². The smallest absolute Gasteiger partial charge is 0.186 e. The van der Waals surface area contributed by atoms with Crippen molar-refractivity contribution in [3.05, 3.63) is 10.6 Å². The molecule has 1 rings (SSSR count). The van der Waals surface area contributed by atoms with Crippen LogP contribution >= 0.6 is 11.3 Å². The molecule has 0 aromatic carbocycles. The van der Waals surface area contributed by atoms with Gasteiger partial charge in [0.2, 0.25) is 0 Å². The fraction of sp³-hybridized carbons (Fsp3) is 0.786. The summed E-state index contributed by atoms with van der Waals surface area (Å²) in [7, 11) is 2.15. The van der Waals surface area contributed by atoms with E-state index in [0.717, 1.165) is 31.1 Å². The fourth-order valence-corrected chi connectivity index (χ4v) is 2.90. The summed E-state index contributed by atoms with van der Waals surface area (Å²) in [5.74, 6) is 0. The van der Waals surface area contributed by atoms with Crippen molar-refractivity contribution in [1.82, 2.24) is 10.3 Å². The number of nitrogens with one attached hydrogen (secondary N) is 1. The van der Waals surface area contributed by atoms with Crippen LogP contribution in [0.3, 0.4) is 0 Å². The highest BCUT2D eigenvalue weighted by Crippen LogP contribution is 2.31. The van der Waals surface area contributed by atoms with E-state index in [1.54, 1.807) is 0 Å². The SMILES string of the molecule is CCNCc1sc(N(C)C(C)(C)CC)nc1CC. The van der Waals surface area contributed by atoms with Crippen LogP contribution in [0, 0.1) is 0 Å². The number of nitrogens with zero attached hydrogens (tertiary/aromatic N) is 2. The Hall–Kier alpha value is -0.610. The fourth-order valence-electron chi connectivity index (χ4n) is 1.66. The minimum Gasteiger partial charge on any atom is -0.346 e. The molecule has 0 amide bonds. The minimum atomic E-state index is 0.165. The van der Waals surface area contributed by atoms with Gasteiger partial charge < -0.3 is 10.2 Å². The number of aryl methyl sites for hydroxylation is 1. The topological polar surface area (TPSA) is 28.2 Å². The molecule has 3 nitrogen and oxygen atoms in total. The van der Waals surface area contributed by atoms with Crippen LogP contribution in [0.5, 0.6) is 0 Å². The lowest BCUT2D eigenvalue weighted by atomic mass is 10.0. The van der Waals surface area contributed by atoms with Gasteiger partial charge in [0.05, 0.1) is 5.69 Å². The summed E-state index contributed by atoms with van der Waals surface area (Å²) in [5.41, 5.74) is 1.41. The van der Waals surface area contributed by atoms with E-state index in [0.29, 0.717) is 0 Å². The molecule has 0 radical (unpaired) electrons. The molecule has 0 fully saturated rings. The van der Waals surface area contributed by atoms with E-state index in [-0.39, 0.29) is 5.54 Å². The molecule has 4 heteroatoms. The van der Waals surface area contributed by atoms with Gasteiger partial charge in [0.1, 0.15) is 0 Å². The van der Waals surface area contributed by atoms with Gasteiger partial charge in [0, 0.05) is 24.0 Å². The monoisotopic (exact) mass is 269 g/mol. The number of thiazole rings is 1. The maximum Gasteiger partial charge on any atom is 0.186 e. The van der Waals surface area contributed by atoms with E-state index in [9.17, 15) is 0 Å². The van der Waals surface area contributed by atoms with Gasteiger partial charge in [0.15, 0.2) is 5.13 Å². The van der Waals surface area contributed by atoms with Crippen LogP contribution in [0.1, 0.15) is 51.6 Å². The summed E-state index contributed by atoms with van der Waals surface area (Å²) in [6, 6.07) is 0. The van der Waals surface area contributed by atoms with E-state index >= 15 is 0 Å². The first-order valence-corrected chi connectivity index (χ1v) is 7.71. The molecule has 1 aromatic heterocycles. The third-order valence-electron chi connectivity index (χ3n) is 3.70. The Morgan fingerprint density at radius 1 is 1.28 bits per heavy atom. The summed E-state index contributed by atoms with van der Waals surface area (Å²) < 4.78 is 0. The number of aromatic nitrogens is 1. The van der Waals surface area contributed by atoms with Gasteiger partial charge in [-0.15, -0.1) is 11.3 Å². The first-order chi connectivity index (χ1) is 8.46. The number of hydrogen-bond acceptors (Lipinski definition) is 4. The van der Waals surface area contributed by atoms with Gasteiger partial charge in [-0.05, 0) is 33.2 Å². The molecular formula is C14H27N3S. The molecule has 0 unspecified atom stereocenters. The summed E-state index contributed by atoms with van der Waals surface area (Å²) in [4.78, 5) is 8.49. The maximum atomic E-state index is 4.80. The zero-order valence-corrected chi connectivity index (χ0v) is 13.4. The van der Waals surface area contributed by atoms with Crippen molar-refractivity contribution in [3.8, 4) is 0 Å². The van der Waals surface area contributed by atoms with Crippen LogP contribution in [0.2, 0.25) is 0 Å². The molecule has 0 aliphatic carbocycles. The molecule has 1 heterocycles. The van der Waals surface area contributed by atoms with Crippen molar-refractivity contribution in [2.45, 2.75) is 59.5 Å². The second kappa shape index (κ2) is 6.53. The van der Waals surface area contributed by atoms with Gasteiger partial charge in [-0.3, -0.25) is 0 Å². The summed E-state index contributed by atoms with van der Waals surface area (Å²) in [6.45, 7) is 13.0. The Morgan fingerprint density at radius 2 is 1.94 bits per heavy atom. The van der Waals surface area contributed by atoms with Crippen molar-refractivity contribution < 1.29 is 0 Å². The molecule has 0 spiro atoms. The highest BCUT2D eigenvalue weighted by molar-refractivity contribution is 7.15. The van der Waals surface area contributed by atoms with Crippen LogP contribution < -0.4 is 10.2 Å². The third kappa shape index (κ3) is 3.45. The second-order valence-electron chi connectivity index (χ2n) is 5.23. The van der Waals surface area contributed by atoms with Gasteiger partial charge in [-0.25, -0.2) is 4.98 Å². The molecule has 0 saturated heterocycles. The highest BCUT2D eigenvalue weighted by Gasteiger charge is 2.24. The molecule has 0 aliphatic rings. The molecule has 104 valence electrons. The lowest BCUT2D eigenvalue weighted by Crippen LogP contribution is -2.40. The molecule has 0 bridgehead atoms. The van der Waals surface area contributed by atoms with E-state index in [1.807, 2.05) is 11.3 Å². The second-order valence-corrected chi connectivity index (χ2v) is 6.29. The average Bonchev–Trinajstić information content (AvgIpc) is 2.78. The van der Waals surface area contributed by atoms with Crippen molar-refractivity contribution in [2.75, 3.05) is 18.5 Å². The first-order valence-electron chi connectivity index (χ1n) is 6.89. The average molecular weight is 269 g/mol. The zero-order valence-electron chi connectivity index (χ0n) is 12.6. The summed E-state index contributed by atoms with van der Waals surface area (Å²) in [5, 5.41) is 4.54. The predicted octanol–water partition coefficient (Wildman–Crippen LogP) is 3.44. The molecule has 1 N–H and O–H groups in total. The van der Waals surface area contributed by atoms with Gasteiger partial charge in [0.25, 0.3) is 0 Å². The Balaban J connectivity index is 2.93. The number of anilines is 1. The van der Waals surface area contributed by atoms with Gasteiger partial charge in [-0.2, -0.15) is 0 Å². The number of hydrogen-bond donors (Lipinski definition) is 1. The van der Waals surface area contributed by atoms with E-state index in [4.69, 9.17) is 4.98 Å². The Morgan fingerprint density at radius 3 is 2.44 bits per heavy atom. The third-order valence-corrected chi connectivity index (χ3v) is 4.87. The van der Waals surface area contributed by atoms with Crippen molar-refractivity contribution in [2.24, 2.45) is 0 Å². The van der Waals surface area contributed by atoms with Crippen LogP contribution in [-0.2, 0) is 13.0 Å². The molecule has 1 aromatic rings. The van der Waals surface area contributed by atoms with Gasteiger partial charge >= 0.3 is 0 Å². The first kappa shape index (κ1) is 15.4. The van der Waals surface area contributed by atoms with E-state index < -0.39 is 0 Å². The highest BCUT2D eigenvalue weighted by atomic mass is 32.1.